The van der Waals surface area contributed by atoms with Crippen molar-refractivity contribution in [3.05, 3.63) is 48.4 Å². The summed E-state index contributed by atoms with van der Waals surface area (Å²) >= 11 is 0. The Hall–Kier alpha value is -1.89. The lowest BCUT2D eigenvalue weighted by atomic mass is 10.1. The predicted octanol–water partition coefficient (Wildman–Crippen LogP) is 3.84. The van der Waals surface area contributed by atoms with Crippen LogP contribution in [0, 0.1) is 0 Å². The van der Waals surface area contributed by atoms with Crippen molar-refractivity contribution in [2.24, 2.45) is 0 Å². The summed E-state index contributed by atoms with van der Waals surface area (Å²) in [6.45, 7) is 1.88. The number of sulfone groups is 1. The average Bonchev–Trinajstić information content (AvgIpc) is 2.99. The number of para-hydroxylation sites is 1. The fraction of sp³-hybridized carbons (Fsp3) is 0.286. The quantitative estimate of drug-likeness (QED) is 0.880. The van der Waals surface area contributed by atoms with Gasteiger partial charge in [-0.2, -0.15) is 8.78 Å². The second-order valence-electron chi connectivity index (χ2n) is 4.42. The van der Waals surface area contributed by atoms with Gasteiger partial charge in [-0.1, -0.05) is 19.1 Å². The fourth-order valence-electron chi connectivity index (χ4n) is 1.98. The van der Waals surface area contributed by atoms with Gasteiger partial charge in [-0.15, -0.1) is 0 Å². The minimum absolute atomic E-state index is 0.140. The smallest absolute Gasteiger partial charge is 0.341 e. The molecule has 114 valence electrons. The van der Waals surface area contributed by atoms with Crippen molar-refractivity contribution >= 4 is 15.5 Å². The summed E-state index contributed by atoms with van der Waals surface area (Å²) in [7, 11) is -4.66. The Morgan fingerprint density at radius 1 is 1.19 bits per heavy atom. The summed E-state index contributed by atoms with van der Waals surface area (Å²) in [4.78, 5) is -0.412. The summed E-state index contributed by atoms with van der Waals surface area (Å²) in [6, 6.07) is 8.77. The average molecular weight is 315 g/mol. The van der Waals surface area contributed by atoms with Gasteiger partial charge in [0.25, 0.3) is 0 Å². The molecule has 0 amide bonds. The molecule has 0 radical (unpaired) electrons. The molecule has 0 aliphatic carbocycles. The molecule has 0 fully saturated rings. The summed E-state index contributed by atoms with van der Waals surface area (Å²) in [6.07, 6.45) is 2.11. The van der Waals surface area contributed by atoms with E-state index in [4.69, 9.17) is 4.42 Å². The molecule has 1 aromatic heterocycles. The van der Waals surface area contributed by atoms with Crippen molar-refractivity contribution in [2.45, 2.75) is 30.0 Å². The van der Waals surface area contributed by atoms with Crippen molar-refractivity contribution in [3.63, 3.8) is 0 Å². The Morgan fingerprint density at radius 3 is 2.48 bits per heavy atom. The molecular weight excluding hydrogens is 300 g/mol. The van der Waals surface area contributed by atoms with Crippen LogP contribution in [0.3, 0.4) is 0 Å². The maximum atomic E-state index is 12.7. The summed E-state index contributed by atoms with van der Waals surface area (Å²) in [5, 5.41) is 2.95. The van der Waals surface area contributed by atoms with Gasteiger partial charge < -0.3 is 9.73 Å². The van der Waals surface area contributed by atoms with E-state index in [2.05, 4.69) is 5.32 Å². The van der Waals surface area contributed by atoms with E-state index < -0.39 is 20.5 Å². The van der Waals surface area contributed by atoms with Crippen LogP contribution in [0.2, 0.25) is 0 Å². The van der Waals surface area contributed by atoms with Gasteiger partial charge in [0.05, 0.1) is 22.9 Å². The zero-order valence-corrected chi connectivity index (χ0v) is 12.1. The topological polar surface area (TPSA) is 59.3 Å². The molecule has 0 saturated carbocycles. The van der Waals surface area contributed by atoms with E-state index in [1.54, 1.807) is 18.2 Å². The summed E-state index contributed by atoms with van der Waals surface area (Å²) in [5.41, 5.74) is 0.140. The monoisotopic (exact) mass is 315 g/mol. The minimum Gasteiger partial charge on any atom is -0.467 e. The van der Waals surface area contributed by atoms with Gasteiger partial charge >= 0.3 is 5.76 Å². The largest absolute Gasteiger partial charge is 0.467 e. The zero-order chi connectivity index (χ0) is 15.5. The maximum absolute atomic E-state index is 12.7. The molecule has 7 heteroatoms. The van der Waals surface area contributed by atoms with Gasteiger partial charge in [0.2, 0.25) is 9.84 Å². The van der Waals surface area contributed by atoms with Crippen LogP contribution >= 0.6 is 0 Å². The molecular formula is C14H15F2NO3S. The first kappa shape index (κ1) is 15.5. The Morgan fingerprint density at radius 2 is 1.90 bits per heavy atom. The Labute approximate surface area is 121 Å². The van der Waals surface area contributed by atoms with Crippen LogP contribution in [0.25, 0.3) is 0 Å². The molecule has 4 nitrogen and oxygen atoms in total. The fourth-order valence-corrected chi connectivity index (χ4v) is 2.88. The second kappa shape index (κ2) is 6.26. The number of hydrogen-bond donors (Lipinski definition) is 1. The van der Waals surface area contributed by atoms with E-state index >= 15 is 0 Å². The number of hydrogen-bond acceptors (Lipinski definition) is 4. The van der Waals surface area contributed by atoms with Crippen LogP contribution in [-0.2, 0) is 9.84 Å². The second-order valence-corrected chi connectivity index (χ2v) is 6.31. The van der Waals surface area contributed by atoms with Crippen molar-refractivity contribution in [3.8, 4) is 0 Å². The molecule has 0 bridgehead atoms. The Kier molecular flexibility index (Phi) is 4.62. The van der Waals surface area contributed by atoms with Crippen molar-refractivity contribution in [2.75, 3.05) is 5.32 Å². The summed E-state index contributed by atoms with van der Waals surface area (Å²) in [5.74, 6) is -2.84. The molecule has 1 unspecified atom stereocenters. The van der Waals surface area contributed by atoms with Gasteiger partial charge in [-0.05, 0) is 30.7 Å². The standard InChI is InChI=1S/C14H15F2NO3S/c1-2-10(12-7-5-9-20-12)17-11-6-3-4-8-13(11)21(18,19)14(15)16/h3-10,14,17H,2H2,1H3. The van der Waals surface area contributed by atoms with Crippen molar-refractivity contribution < 1.29 is 21.6 Å². The predicted molar refractivity (Wildman–Crippen MR) is 75.0 cm³/mol. The van der Waals surface area contributed by atoms with Crippen LogP contribution in [0.4, 0.5) is 14.5 Å². The van der Waals surface area contributed by atoms with Crippen molar-refractivity contribution in [1.82, 2.24) is 0 Å². The molecule has 1 N–H and O–H groups in total. The minimum atomic E-state index is -4.66. The maximum Gasteiger partial charge on any atom is 0.341 e. The van der Waals surface area contributed by atoms with E-state index in [1.165, 1.54) is 24.5 Å². The molecule has 1 heterocycles. The molecule has 0 saturated heterocycles. The first-order chi connectivity index (χ1) is 9.96. The van der Waals surface area contributed by atoms with Crippen LogP contribution in [0.15, 0.2) is 52.0 Å². The number of anilines is 1. The van der Waals surface area contributed by atoms with Gasteiger partial charge in [-0.25, -0.2) is 8.42 Å². The van der Waals surface area contributed by atoms with E-state index in [1.807, 2.05) is 6.92 Å². The Bertz CT molecular complexity index is 684. The third-order valence-corrected chi connectivity index (χ3v) is 4.49. The normalized spacial score (nSPS) is 13.3. The lowest BCUT2D eigenvalue weighted by Crippen LogP contribution is -2.16. The number of benzene rings is 1. The third-order valence-electron chi connectivity index (χ3n) is 3.05. The van der Waals surface area contributed by atoms with E-state index in [9.17, 15) is 17.2 Å². The molecule has 0 aliphatic heterocycles. The van der Waals surface area contributed by atoms with Crippen molar-refractivity contribution in [1.29, 1.82) is 0 Å². The SMILES string of the molecule is CCC(Nc1ccccc1S(=O)(=O)C(F)F)c1ccco1. The highest BCUT2D eigenvalue weighted by atomic mass is 32.2. The first-order valence-corrected chi connectivity index (χ1v) is 7.92. The van der Waals surface area contributed by atoms with E-state index in [0.717, 1.165) is 0 Å². The molecule has 1 atom stereocenters. The van der Waals surface area contributed by atoms with Gasteiger partial charge in [0.15, 0.2) is 0 Å². The highest BCUT2D eigenvalue weighted by Crippen LogP contribution is 2.30. The van der Waals surface area contributed by atoms with Crippen LogP contribution in [-0.4, -0.2) is 14.2 Å². The molecule has 0 aliphatic rings. The van der Waals surface area contributed by atoms with Crippen LogP contribution in [0.1, 0.15) is 25.1 Å². The van der Waals surface area contributed by atoms with Crippen LogP contribution < -0.4 is 5.32 Å². The van der Waals surface area contributed by atoms with Gasteiger partial charge in [0, 0.05) is 0 Å². The molecule has 0 spiro atoms. The summed E-state index contributed by atoms with van der Waals surface area (Å²) < 4.78 is 54.1. The van der Waals surface area contributed by atoms with Gasteiger partial charge in [0.1, 0.15) is 5.76 Å². The number of halogens is 2. The highest BCUT2D eigenvalue weighted by molar-refractivity contribution is 7.91. The molecule has 21 heavy (non-hydrogen) atoms. The van der Waals surface area contributed by atoms with Gasteiger partial charge in [-0.3, -0.25) is 0 Å². The zero-order valence-electron chi connectivity index (χ0n) is 11.3. The van der Waals surface area contributed by atoms with E-state index in [0.29, 0.717) is 12.2 Å². The highest BCUT2D eigenvalue weighted by Gasteiger charge is 2.29. The number of furan rings is 1. The third kappa shape index (κ3) is 3.24. The lowest BCUT2D eigenvalue weighted by Gasteiger charge is -2.18. The number of nitrogens with one attached hydrogen (secondary N) is 1. The molecule has 1 aromatic carbocycles. The van der Waals surface area contributed by atoms with Crippen LogP contribution in [0.5, 0.6) is 0 Å². The first-order valence-electron chi connectivity index (χ1n) is 6.37. The number of rotatable bonds is 6. The Balaban J connectivity index is 2.37. The molecule has 2 rings (SSSR count). The van der Waals surface area contributed by atoms with E-state index in [-0.39, 0.29) is 11.7 Å². The number of alkyl halides is 2. The lowest BCUT2D eigenvalue weighted by molar-refractivity contribution is 0.235. The molecule has 2 aromatic rings.